The van der Waals surface area contributed by atoms with Crippen molar-refractivity contribution in [3.63, 3.8) is 0 Å². The molecule has 1 unspecified atom stereocenters. The Morgan fingerprint density at radius 2 is 2.26 bits per heavy atom. The molecule has 1 aromatic heterocycles. The quantitative estimate of drug-likeness (QED) is 0.811. The van der Waals surface area contributed by atoms with Crippen LogP contribution < -0.4 is 10.6 Å². The van der Waals surface area contributed by atoms with Gasteiger partial charge in [0.2, 0.25) is 0 Å². The molecule has 2 rings (SSSR count). The van der Waals surface area contributed by atoms with Gasteiger partial charge >= 0.3 is 6.03 Å². The van der Waals surface area contributed by atoms with Gasteiger partial charge in [0.1, 0.15) is 0 Å². The first-order valence-corrected chi connectivity index (χ1v) is 6.98. The molecule has 0 bridgehead atoms. The standard InChI is InChI=1S/C13H13ClN2O2S/c14-10-2-1-3-11(6-10)16-13(18)15-7-12(17)9-4-5-19-8-9/h1-6,8,12,17H,7H2,(H2,15,16,18). The average Bonchev–Trinajstić information content (AvgIpc) is 2.90. The molecule has 100 valence electrons. The maximum atomic E-state index is 11.6. The number of thiophene rings is 1. The highest BCUT2D eigenvalue weighted by Gasteiger charge is 2.09. The number of urea groups is 1. The van der Waals surface area contributed by atoms with Crippen molar-refractivity contribution in [3.8, 4) is 0 Å². The van der Waals surface area contributed by atoms with Crippen molar-refractivity contribution in [2.45, 2.75) is 6.10 Å². The number of anilines is 1. The van der Waals surface area contributed by atoms with Crippen LogP contribution in [0.15, 0.2) is 41.1 Å². The molecule has 1 heterocycles. The van der Waals surface area contributed by atoms with E-state index in [0.717, 1.165) is 5.56 Å². The maximum Gasteiger partial charge on any atom is 0.319 e. The number of carbonyl (C=O) groups is 1. The molecule has 0 spiro atoms. The van der Waals surface area contributed by atoms with E-state index in [0.29, 0.717) is 10.7 Å². The van der Waals surface area contributed by atoms with Gasteiger partial charge in [-0.15, -0.1) is 0 Å². The molecule has 0 aliphatic carbocycles. The summed E-state index contributed by atoms with van der Waals surface area (Å²) in [6.45, 7) is 0.156. The Bertz CT molecular complexity index is 545. The average molecular weight is 297 g/mol. The molecule has 0 aliphatic heterocycles. The number of rotatable bonds is 4. The lowest BCUT2D eigenvalue weighted by Gasteiger charge is -2.11. The lowest BCUT2D eigenvalue weighted by molar-refractivity contribution is 0.175. The van der Waals surface area contributed by atoms with Gasteiger partial charge in [-0.05, 0) is 40.6 Å². The molecule has 2 amide bonds. The summed E-state index contributed by atoms with van der Waals surface area (Å²) in [7, 11) is 0. The second kappa shape index (κ2) is 6.56. The highest BCUT2D eigenvalue weighted by molar-refractivity contribution is 7.07. The third kappa shape index (κ3) is 4.24. The van der Waals surface area contributed by atoms with Crippen LogP contribution in [0.3, 0.4) is 0 Å². The molecule has 1 atom stereocenters. The lowest BCUT2D eigenvalue weighted by atomic mass is 10.2. The monoisotopic (exact) mass is 296 g/mol. The minimum Gasteiger partial charge on any atom is -0.387 e. The van der Waals surface area contributed by atoms with Crippen LogP contribution in [0.2, 0.25) is 5.02 Å². The molecule has 4 nitrogen and oxygen atoms in total. The molecule has 0 saturated carbocycles. The van der Waals surface area contributed by atoms with Gasteiger partial charge in [0.25, 0.3) is 0 Å². The molecule has 0 saturated heterocycles. The Morgan fingerprint density at radius 1 is 1.42 bits per heavy atom. The largest absolute Gasteiger partial charge is 0.387 e. The molecule has 3 N–H and O–H groups in total. The fraction of sp³-hybridized carbons (Fsp3) is 0.154. The van der Waals surface area contributed by atoms with Crippen molar-refractivity contribution in [3.05, 3.63) is 51.7 Å². The van der Waals surface area contributed by atoms with Crippen LogP contribution in [-0.4, -0.2) is 17.7 Å². The van der Waals surface area contributed by atoms with Crippen LogP contribution in [-0.2, 0) is 0 Å². The van der Waals surface area contributed by atoms with E-state index < -0.39 is 6.10 Å². The third-order valence-corrected chi connectivity index (χ3v) is 3.40. The fourth-order valence-corrected chi connectivity index (χ4v) is 2.41. The minimum absolute atomic E-state index is 0.156. The lowest BCUT2D eigenvalue weighted by Crippen LogP contribution is -2.32. The van der Waals surface area contributed by atoms with E-state index >= 15 is 0 Å². The molecule has 0 fully saturated rings. The van der Waals surface area contributed by atoms with Crippen LogP contribution in [0.5, 0.6) is 0 Å². The van der Waals surface area contributed by atoms with Gasteiger partial charge in [-0.25, -0.2) is 4.79 Å². The van der Waals surface area contributed by atoms with Gasteiger partial charge in [0.15, 0.2) is 0 Å². The summed E-state index contributed by atoms with van der Waals surface area (Å²) in [4.78, 5) is 11.6. The molecule has 6 heteroatoms. The summed E-state index contributed by atoms with van der Waals surface area (Å²) in [5, 5.41) is 19.3. The molecular weight excluding hydrogens is 284 g/mol. The third-order valence-electron chi connectivity index (χ3n) is 2.47. The maximum absolute atomic E-state index is 11.6. The van der Waals surface area contributed by atoms with Crippen LogP contribution in [0.1, 0.15) is 11.7 Å². The van der Waals surface area contributed by atoms with Crippen molar-refractivity contribution in [2.75, 3.05) is 11.9 Å². The Kier molecular flexibility index (Phi) is 4.79. The fourth-order valence-electron chi connectivity index (χ4n) is 1.51. The van der Waals surface area contributed by atoms with E-state index in [1.54, 1.807) is 24.3 Å². The van der Waals surface area contributed by atoms with Crippen LogP contribution in [0, 0.1) is 0 Å². The van der Waals surface area contributed by atoms with Crippen molar-refractivity contribution in [1.82, 2.24) is 5.32 Å². The van der Waals surface area contributed by atoms with Gasteiger partial charge in [-0.3, -0.25) is 0 Å². The SMILES string of the molecule is O=C(NCC(O)c1ccsc1)Nc1cccc(Cl)c1. The second-order valence-electron chi connectivity index (χ2n) is 3.92. The highest BCUT2D eigenvalue weighted by atomic mass is 35.5. The summed E-state index contributed by atoms with van der Waals surface area (Å²) in [6, 6.07) is 8.31. The van der Waals surface area contributed by atoms with E-state index in [9.17, 15) is 9.90 Å². The van der Waals surface area contributed by atoms with E-state index in [1.807, 2.05) is 16.8 Å². The van der Waals surface area contributed by atoms with Gasteiger partial charge in [-0.1, -0.05) is 17.7 Å². The molecule has 2 aromatic rings. The smallest absolute Gasteiger partial charge is 0.319 e. The Hall–Kier alpha value is -1.56. The van der Waals surface area contributed by atoms with Gasteiger partial charge in [0.05, 0.1) is 6.10 Å². The number of aliphatic hydroxyl groups excluding tert-OH is 1. The van der Waals surface area contributed by atoms with Gasteiger partial charge in [-0.2, -0.15) is 11.3 Å². The number of aliphatic hydroxyl groups is 1. The van der Waals surface area contributed by atoms with Crippen LogP contribution in [0.4, 0.5) is 10.5 Å². The predicted molar refractivity (Wildman–Crippen MR) is 77.8 cm³/mol. The van der Waals surface area contributed by atoms with E-state index in [4.69, 9.17) is 11.6 Å². The first-order chi connectivity index (χ1) is 9.15. The number of carbonyl (C=O) groups excluding carboxylic acids is 1. The molecule has 0 aliphatic rings. The number of hydrogen-bond donors (Lipinski definition) is 3. The van der Waals surface area contributed by atoms with Crippen LogP contribution >= 0.6 is 22.9 Å². The topological polar surface area (TPSA) is 61.4 Å². The molecular formula is C13H13ClN2O2S. The summed E-state index contributed by atoms with van der Waals surface area (Å²) in [5.74, 6) is 0. The molecule has 19 heavy (non-hydrogen) atoms. The molecule has 1 aromatic carbocycles. The van der Waals surface area contributed by atoms with Gasteiger partial charge < -0.3 is 15.7 Å². The van der Waals surface area contributed by atoms with E-state index in [-0.39, 0.29) is 12.6 Å². The van der Waals surface area contributed by atoms with Crippen molar-refractivity contribution < 1.29 is 9.90 Å². The van der Waals surface area contributed by atoms with Crippen molar-refractivity contribution >= 4 is 34.7 Å². The van der Waals surface area contributed by atoms with E-state index in [2.05, 4.69) is 10.6 Å². The highest BCUT2D eigenvalue weighted by Crippen LogP contribution is 2.16. The zero-order valence-corrected chi connectivity index (χ0v) is 11.5. The first kappa shape index (κ1) is 13.9. The number of hydrogen-bond acceptors (Lipinski definition) is 3. The zero-order valence-electron chi connectivity index (χ0n) is 9.97. The minimum atomic E-state index is -0.698. The van der Waals surface area contributed by atoms with Gasteiger partial charge in [0, 0.05) is 17.3 Å². The Balaban J connectivity index is 1.82. The zero-order chi connectivity index (χ0) is 13.7. The Morgan fingerprint density at radius 3 is 2.95 bits per heavy atom. The number of halogens is 1. The number of nitrogens with one attached hydrogen (secondary N) is 2. The number of amides is 2. The predicted octanol–water partition coefficient (Wildman–Crippen LogP) is 3.26. The first-order valence-electron chi connectivity index (χ1n) is 5.66. The summed E-state index contributed by atoms with van der Waals surface area (Å²) in [6.07, 6.45) is -0.698. The summed E-state index contributed by atoms with van der Waals surface area (Å²) >= 11 is 7.32. The second-order valence-corrected chi connectivity index (χ2v) is 5.13. The van der Waals surface area contributed by atoms with Crippen molar-refractivity contribution in [1.29, 1.82) is 0 Å². The molecule has 0 radical (unpaired) electrons. The summed E-state index contributed by atoms with van der Waals surface area (Å²) < 4.78 is 0. The van der Waals surface area contributed by atoms with Crippen molar-refractivity contribution in [2.24, 2.45) is 0 Å². The number of benzene rings is 1. The summed E-state index contributed by atoms with van der Waals surface area (Å²) in [5.41, 5.74) is 1.41. The van der Waals surface area contributed by atoms with E-state index in [1.165, 1.54) is 11.3 Å². The normalized spacial score (nSPS) is 11.9. The van der Waals surface area contributed by atoms with Crippen LogP contribution in [0.25, 0.3) is 0 Å². The Labute approximate surface area is 120 Å².